The van der Waals surface area contributed by atoms with Crippen molar-refractivity contribution in [2.75, 3.05) is 13.7 Å². The second kappa shape index (κ2) is 13.1. The van der Waals surface area contributed by atoms with Crippen molar-refractivity contribution in [3.8, 4) is 22.4 Å². The van der Waals surface area contributed by atoms with Gasteiger partial charge in [-0.1, -0.05) is 121 Å². The predicted octanol–water partition coefficient (Wildman–Crippen LogP) is 7.26. The summed E-state index contributed by atoms with van der Waals surface area (Å²) in [6, 6.07) is 40.8. The van der Waals surface area contributed by atoms with E-state index in [1.54, 1.807) is 0 Å². The summed E-state index contributed by atoms with van der Waals surface area (Å²) >= 11 is 0. The van der Waals surface area contributed by atoms with Gasteiger partial charge in [0.15, 0.2) is 0 Å². The van der Waals surface area contributed by atoms with Crippen molar-refractivity contribution in [2.24, 2.45) is 4.99 Å². The largest absolute Gasteiger partial charge is 0.394 e. The summed E-state index contributed by atoms with van der Waals surface area (Å²) in [7, 11) is 1.89. The number of nitrogens with one attached hydrogen (secondary N) is 1. The lowest BCUT2D eigenvalue weighted by atomic mass is 9.96. The number of aromatic nitrogens is 1. The second-order valence-electron chi connectivity index (χ2n) is 10.2. The van der Waals surface area contributed by atoms with Gasteiger partial charge in [-0.3, -0.25) is 5.41 Å². The lowest BCUT2D eigenvalue weighted by Gasteiger charge is -2.29. The predicted molar refractivity (Wildman–Crippen MR) is 170 cm³/mol. The van der Waals surface area contributed by atoms with E-state index >= 15 is 0 Å². The molecule has 0 saturated carbocycles. The second-order valence-corrected chi connectivity index (χ2v) is 10.2. The third-order valence-corrected chi connectivity index (χ3v) is 7.62. The summed E-state index contributed by atoms with van der Waals surface area (Å²) in [6.45, 7) is 4.58. The number of hydrogen-bond donors (Lipinski definition) is 2. The molecule has 0 fully saturated rings. The molecule has 0 saturated heterocycles. The van der Waals surface area contributed by atoms with E-state index in [0.717, 1.165) is 34.4 Å². The van der Waals surface area contributed by atoms with Gasteiger partial charge in [0.1, 0.15) is 11.7 Å². The van der Waals surface area contributed by atoms with Crippen LogP contribution in [-0.4, -0.2) is 46.8 Å². The van der Waals surface area contributed by atoms with E-state index in [9.17, 15) is 10.5 Å². The Balaban J connectivity index is 1.68. The highest BCUT2D eigenvalue weighted by Gasteiger charge is 2.30. The zero-order chi connectivity index (χ0) is 28.6. The van der Waals surface area contributed by atoms with Gasteiger partial charge in [0.2, 0.25) is 0 Å². The highest BCUT2D eigenvalue weighted by molar-refractivity contribution is 6.10. The van der Waals surface area contributed by atoms with Gasteiger partial charge in [0.25, 0.3) is 0 Å². The van der Waals surface area contributed by atoms with E-state index in [0.29, 0.717) is 30.2 Å². The maximum Gasteiger partial charge on any atom is 0.143 e. The highest BCUT2D eigenvalue weighted by atomic mass is 16.3. The number of aliphatic hydroxyl groups excluding tert-OH is 1. The minimum atomic E-state index is -0.279. The summed E-state index contributed by atoms with van der Waals surface area (Å²) in [4.78, 5) is 6.45. The van der Waals surface area contributed by atoms with Crippen molar-refractivity contribution < 1.29 is 5.11 Å². The van der Waals surface area contributed by atoms with Crippen LogP contribution < -0.4 is 0 Å². The van der Waals surface area contributed by atoms with Gasteiger partial charge >= 0.3 is 0 Å². The van der Waals surface area contributed by atoms with E-state index in [-0.39, 0.29) is 12.6 Å². The van der Waals surface area contributed by atoms with Crippen LogP contribution in [0.4, 0.5) is 5.82 Å². The summed E-state index contributed by atoms with van der Waals surface area (Å²) in [5, 5.41) is 20.0. The fourth-order valence-electron chi connectivity index (χ4n) is 5.45. The number of rotatable bonds is 11. The molecular weight excluding hydrogens is 504 g/mol. The normalized spacial score (nSPS) is 11.7. The fraction of sp³-hybridized carbons (Fsp3) is 0.167. The van der Waals surface area contributed by atoms with Gasteiger partial charge < -0.3 is 14.6 Å². The maximum absolute atomic E-state index is 10.4. The number of hydrogen-bond acceptors (Lipinski definition) is 3. The topological polar surface area (TPSA) is 64.6 Å². The summed E-state index contributed by atoms with van der Waals surface area (Å²) in [6.07, 6.45) is 1.43. The van der Waals surface area contributed by atoms with Crippen LogP contribution >= 0.6 is 0 Å². The molecule has 0 aliphatic rings. The molecule has 0 amide bonds. The average Bonchev–Trinajstić information content (AvgIpc) is 3.37. The van der Waals surface area contributed by atoms with Crippen LogP contribution in [0.5, 0.6) is 0 Å². The Kier molecular flexibility index (Phi) is 8.87. The first-order chi connectivity index (χ1) is 20.1. The van der Waals surface area contributed by atoms with E-state index in [1.807, 2.05) is 72.6 Å². The number of aryl methyl sites for hydroxylation is 1. The molecule has 1 atom stereocenters. The third-order valence-electron chi connectivity index (χ3n) is 7.62. The maximum atomic E-state index is 10.4. The molecule has 0 radical (unpaired) electrons. The number of likely N-dealkylation sites (N-methyl/N-ethyl adjacent to an activating group) is 1. The Bertz CT molecular complexity index is 1580. The smallest absolute Gasteiger partial charge is 0.143 e. The van der Waals surface area contributed by atoms with Gasteiger partial charge in [-0.05, 0) is 41.8 Å². The third kappa shape index (κ3) is 6.06. The van der Waals surface area contributed by atoms with Crippen LogP contribution in [0.25, 0.3) is 22.4 Å². The van der Waals surface area contributed by atoms with E-state index < -0.39 is 0 Å². The molecule has 5 rings (SSSR count). The molecule has 0 unspecified atom stereocenters. The molecule has 1 aromatic heterocycles. The van der Waals surface area contributed by atoms with Crippen LogP contribution in [-0.2, 0) is 19.4 Å². The molecule has 206 valence electrons. The number of benzene rings is 4. The Morgan fingerprint density at radius 2 is 1.32 bits per heavy atom. The van der Waals surface area contributed by atoms with Crippen molar-refractivity contribution >= 4 is 18.4 Å². The number of amidine groups is 1. The van der Waals surface area contributed by atoms with Crippen molar-refractivity contribution in [1.82, 2.24) is 9.47 Å². The van der Waals surface area contributed by atoms with Gasteiger partial charge in [-0.25, -0.2) is 4.99 Å². The molecule has 5 aromatic rings. The zero-order valence-corrected chi connectivity index (χ0v) is 23.4. The van der Waals surface area contributed by atoms with Gasteiger partial charge in [0.05, 0.1) is 23.9 Å². The van der Waals surface area contributed by atoms with Crippen molar-refractivity contribution in [2.45, 2.75) is 25.4 Å². The molecule has 2 N–H and O–H groups in total. The average molecular weight is 541 g/mol. The molecule has 0 aliphatic heterocycles. The van der Waals surface area contributed by atoms with Crippen LogP contribution in [0, 0.1) is 5.41 Å². The van der Waals surface area contributed by atoms with Crippen molar-refractivity contribution in [3.05, 3.63) is 138 Å². The van der Waals surface area contributed by atoms with Crippen LogP contribution in [0.2, 0.25) is 0 Å². The first kappa shape index (κ1) is 27.8. The summed E-state index contributed by atoms with van der Waals surface area (Å²) in [5.74, 6) is 0.962. The lowest BCUT2D eigenvalue weighted by Crippen LogP contribution is -2.41. The number of nitrogens with zero attached hydrogens (tertiary/aromatic N) is 3. The Morgan fingerprint density at radius 1 is 0.805 bits per heavy atom. The Hall–Kier alpha value is -4.74. The number of aliphatic imine (C=N–C) groups is 1. The zero-order valence-electron chi connectivity index (χ0n) is 23.4. The molecule has 0 spiro atoms. The van der Waals surface area contributed by atoms with E-state index in [2.05, 4.69) is 76.9 Å². The minimum absolute atomic E-state index is 0.0778. The number of aliphatic hydroxyl groups is 1. The molecular formula is C36H36N4O. The molecule has 0 bridgehead atoms. The minimum Gasteiger partial charge on any atom is -0.394 e. The van der Waals surface area contributed by atoms with Gasteiger partial charge in [-0.15, -0.1) is 0 Å². The van der Waals surface area contributed by atoms with Crippen LogP contribution in [0.3, 0.4) is 0 Å². The Labute approximate surface area is 242 Å². The van der Waals surface area contributed by atoms with E-state index in [4.69, 9.17) is 0 Å². The SMILES string of the molecule is C=Nc1c(C(=N)N(C)[C@H](CO)Cc2ccccc2)c(-c2ccccc2)c(-c2ccccc2)n1CCc1ccccc1. The molecule has 1 heterocycles. The van der Waals surface area contributed by atoms with Crippen LogP contribution in [0.15, 0.2) is 126 Å². The standard InChI is InChI=1S/C36H36N4O/c1-38-36-33(35(37)39(2)31(26-41)25-28-17-9-4-10-18-28)32(29-19-11-5-12-20-29)34(30-21-13-6-14-22-30)40(36)24-23-27-15-7-3-8-16-27/h3-22,31,37,41H,1,23-26H2,2H3/t31-/m0/s1. The quantitative estimate of drug-likeness (QED) is 0.137. The first-order valence-electron chi connectivity index (χ1n) is 14.0. The van der Waals surface area contributed by atoms with Crippen molar-refractivity contribution in [1.29, 1.82) is 5.41 Å². The Morgan fingerprint density at radius 3 is 1.85 bits per heavy atom. The first-order valence-corrected chi connectivity index (χ1v) is 14.0. The van der Waals surface area contributed by atoms with Crippen LogP contribution in [0.1, 0.15) is 16.7 Å². The van der Waals surface area contributed by atoms with Gasteiger partial charge in [-0.2, -0.15) is 0 Å². The molecule has 5 nitrogen and oxygen atoms in total. The molecule has 4 aromatic carbocycles. The lowest BCUT2D eigenvalue weighted by molar-refractivity contribution is 0.196. The molecule has 0 aliphatic carbocycles. The monoisotopic (exact) mass is 540 g/mol. The highest BCUT2D eigenvalue weighted by Crippen LogP contribution is 2.43. The fourth-order valence-corrected chi connectivity index (χ4v) is 5.45. The molecule has 41 heavy (non-hydrogen) atoms. The van der Waals surface area contributed by atoms with E-state index in [1.165, 1.54) is 5.56 Å². The molecule has 5 heteroatoms. The summed E-state index contributed by atoms with van der Waals surface area (Å²) in [5.41, 5.74) is 7.07. The van der Waals surface area contributed by atoms with Crippen molar-refractivity contribution in [3.63, 3.8) is 0 Å². The van der Waals surface area contributed by atoms with Gasteiger partial charge in [0, 0.05) is 19.2 Å². The summed E-state index contributed by atoms with van der Waals surface area (Å²) < 4.78 is 2.21.